The van der Waals surface area contributed by atoms with E-state index in [9.17, 15) is 0 Å². The van der Waals surface area contributed by atoms with Crippen molar-refractivity contribution in [3.63, 3.8) is 0 Å². The van der Waals surface area contributed by atoms with Crippen LogP contribution in [0.1, 0.15) is 33.6 Å². The Labute approximate surface area is 81.6 Å². The maximum absolute atomic E-state index is 6.00. The number of hydrogen-bond acceptors (Lipinski definition) is 3. The van der Waals surface area contributed by atoms with Gasteiger partial charge in [-0.3, -0.25) is 0 Å². The minimum atomic E-state index is -0.220. The molecule has 0 saturated carbocycles. The molecule has 0 aromatic carbocycles. The fraction of sp³-hybridized carbons (Fsp3) is 1.00. The van der Waals surface area contributed by atoms with Gasteiger partial charge in [-0.2, -0.15) is 0 Å². The Morgan fingerprint density at radius 3 is 2.46 bits per heavy atom. The van der Waals surface area contributed by atoms with E-state index in [2.05, 4.69) is 0 Å². The second kappa shape index (κ2) is 6.35. The molecule has 2 N–H and O–H groups in total. The van der Waals surface area contributed by atoms with E-state index in [1.165, 1.54) is 0 Å². The molecule has 0 bridgehead atoms. The third-order valence-corrected chi connectivity index (χ3v) is 2.27. The van der Waals surface area contributed by atoms with Crippen LogP contribution in [0.4, 0.5) is 0 Å². The average Bonchev–Trinajstić information content (AvgIpc) is 2.04. The monoisotopic (exact) mass is 189 g/mol. The van der Waals surface area contributed by atoms with E-state index in [1.54, 1.807) is 7.11 Å². The number of ether oxygens (including phenoxy) is 2. The molecule has 0 saturated heterocycles. The molecule has 0 aliphatic heterocycles. The molecule has 80 valence electrons. The molecule has 0 aromatic rings. The summed E-state index contributed by atoms with van der Waals surface area (Å²) in [6.07, 6.45) is 1.94. The summed E-state index contributed by atoms with van der Waals surface area (Å²) in [7, 11) is 1.71. The summed E-state index contributed by atoms with van der Waals surface area (Å²) in [5.74, 6) is 0. The topological polar surface area (TPSA) is 44.5 Å². The Balaban J connectivity index is 3.72. The molecule has 0 aliphatic rings. The van der Waals surface area contributed by atoms with Gasteiger partial charge in [-0.05, 0) is 33.6 Å². The highest BCUT2D eigenvalue weighted by atomic mass is 16.5. The first kappa shape index (κ1) is 12.9. The van der Waals surface area contributed by atoms with Crippen molar-refractivity contribution in [3.8, 4) is 0 Å². The summed E-state index contributed by atoms with van der Waals surface area (Å²) in [4.78, 5) is 0. The van der Waals surface area contributed by atoms with E-state index >= 15 is 0 Å². The van der Waals surface area contributed by atoms with Crippen LogP contribution < -0.4 is 5.73 Å². The zero-order chi connectivity index (χ0) is 10.3. The van der Waals surface area contributed by atoms with E-state index in [1.807, 2.05) is 20.8 Å². The average molecular weight is 189 g/mol. The molecule has 0 radical (unpaired) electrons. The minimum absolute atomic E-state index is 0.0857. The van der Waals surface area contributed by atoms with E-state index in [0.29, 0.717) is 6.61 Å². The molecule has 3 heteroatoms. The molecule has 13 heavy (non-hydrogen) atoms. The molecule has 0 fully saturated rings. The van der Waals surface area contributed by atoms with Crippen molar-refractivity contribution in [2.45, 2.75) is 45.3 Å². The second-order valence-electron chi connectivity index (χ2n) is 3.78. The van der Waals surface area contributed by atoms with E-state index in [-0.39, 0.29) is 11.6 Å². The summed E-state index contributed by atoms with van der Waals surface area (Å²) in [5.41, 5.74) is 5.78. The summed E-state index contributed by atoms with van der Waals surface area (Å²) in [5, 5.41) is 0. The van der Waals surface area contributed by atoms with Gasteiger partial charge in [0, 0.05) is 26.4 Å². The molecule has 0 amide bonds. The van der Waals surface area contributed by atoms with Crippen LogP contribution >= 0.6 is 0 Å². The van der Waals surface area contributed by atoms with E-state index < -0.39 is 0 Å². The molecule has 0 rings (SSSR count). The third kappa shape index (κ3) is 5.24. The first-order valence-electron chi connectivity index (χ1n) is 4.93. The van der Waals surface area contributed by atoms with E-state index in [0.717, 1.165) is 19.4 Å². The molecular formula is C10H23NO2. The lowest BCUT2D eigenvalue weighted by molar-refractivity contribution is -0.0320. The summed E-state index contributed by atoms with van der Waals surface area (Å²) in [6, 6.07) is 0.0857. The Morgan fingerprint density at radius 1 is 1.38 bits per heavy atom. The van der Waals surface area contributed by atoms with Gasteiger partial charge in [0.1, 0.15) is 0 Å². The maximum atomic E-state index is 6.00. The highest BCUT2D eigenvalue weighted by molar-refractivity contribution is 4.82. The lowest BCUT2D eigenvalue weighted by Crippen LogP contribution is -2.45. The first-order valence-corrected chi connectivity index (χ1v) is 4.93. The zero-order valence-electron chi connectivity index (χ0n) is 9.30. The van der Waals surface area contributed by atoms with Crippen LogP contribution in [-0.2, 0) is 9.47 Å². The van der Waals surface area contributed by atoms with Crippen LogP contribution in [0.3, 0.4) is 0 Å². The molecular weight excluding hydrogens is 166 g/mol. The Kier molecular flexibility index (Phi) is 6.29. The number of hydrogen-bond donors (Lipinski definition) is 1. The quantitative estimate of drug-likeness (QED) is 0.618. The van der Waals surface area contributed by atoms with Crippen LogP contribution in [0.2, 0.25) is 0 Å². The highest BCUT2D eigenvalue weighted by Crippen LogP contribution is 2.16. The number of rotatable bonds is 7. The third-order valence-electron chi connectivity index (χ3n) is 2.27. The van der Waals surface area contributed by atoms with Crippen LogP contribution in [0.5, 0.6) is 0 Å². The number of methoxy groups -OCH3 is 1. The van der Waals surface area contributed by atoms with Crippen LogP contribution in [-0.4, -0.2) is 32.0 Å². The van der Waals surface area contributed by atoms with Crippen LogP contribution in [0.15, 0.2) is 0 Å². The predicted octanol–water partition coefficient (Wildman–Crippen LogP) is 1.56. The van der Waals surface area contributed by atoms with E-state index in [4.69, 9.17) is 15.2 Å². The van der Waals surface area contributed by atoms with Gasteiger partial charge < -0.3 is 15.2 Å². The van der Waals surface area contributed by atoms with Gasteiger partial charge in [-0.25, -0.2) is 0 Å². The smallest absolute Gasteiger partial charge is 0.0776 e. The maximum Gasteiger partial charge on any atom is 0.0776 e. The van der Waals surface area contributed by atoms with Crippen molar-refractivity contribution >= 4 is 0 Å². The summed E-state index contributed by atoms with van der Waals surface area (Å²) < 4.78 is 10.5. The normalized spacial score (nSPS) is 14.5. The molecule has 0 heterocycles. The van der Waals surface area contributed by atoms with Gasteiger partial charge in [0.2, 0.25) is 0 Å². The minimum Gasteiger partial charge on any atom is -0.385 e. The number of nitrogens with two attached hydrogens (primary N) is 1. The van der Waals surface area contributed by atoms with Crippen molar-refractivity contribution in [2.75, 3.05) is 20.3 Å². The zero-order valence-corrected chi connectivity index (χ0v) is 9.30. The summed E-state index contributed by atoms with van der Waals surface area (Å²) >= 11 is 0. The van der Waals surface area contributed by atoms with Crippen molar-refractivity contribution in [3.05, 3.63) is 0 Å². The van der Waals surface area contributed by atoms with Gasteiger partial charge in [-0.1, -0.05) is 0 Å². The van der Waals surface area contributed by atoms with Gasteiger partial charge in [0.05, 0.1) is 5.60 Å². The molecule has 3 nitrogen and oxygen atoms in total. The van der Waals surface area contributed by atoms with Gasteiger partial charge in [0.25, 0.3) is 0 Å². The van der Waals surface area contributed by atoms with Crippen molar-refractivity contribution < 1.29 is 9.47 Å². The Hall–Kier alpha value is -0.120. The summed E-state index contributed by atoms with van der Waals surface area (Å²) in [6.45, 7) is 7.55. The SMILES string of the molecule is CCOC(C)(C)C(N)CCCOC. The predicted molar refractivity (Wildman–Crippen MR) is 54.8 cm³/mol. The molecule has 0 aliphatic carbocycles. The Bertz CT molecular complexity index is 126. The van der Waals surface area contributed by atoms with Crippen molar-refractivity contribution in [1.82, 2.24) is 0 Å². The molecule has 1 unspecified atom stereocenters. The largest absolute Gasteiger partial charge is 0.385 e. The van der Waals surface area contributed by atoms with Crippen molar-refractivity contribution in [1.29, 1.82) is 0 Å². The van der Waals surface area contributed by atoms with Crippen molar-refractivity contribution in [2.24, 2.45) is 5.73 Å². The van der Waals surface area contributed by atoms with Gasteiger partial charge >= 0.3 is 0 Å². The van der Waals surface area contributed by atoms with Gasteiger partial charge in [-0.15, -0.1) is 0 Å². The first-order chi connectivity index (χ1) is 6.04. The fourth-order valence-electron chi connectivity index (χ4n) is 1.27. The fourth-order valence-corrected chi connectivity index (χ4v) is 1.27. The van der Waals surface area contributed by atoms with Crippen LogP contribution in [0.25, 0.3) is 0 Å². The van der Waals surface area contributed by atoms with Crippen LogP contribution in [0, 0.1) is 0 Å². The lowest BCUT2D eigenvalue weighted by Gasteiger charge is -2.31. The standard InChI is InChI=1S/C10H23NO2/c1-5-13-10(2,3)9(11)7-6-8-12-4/h9H,5-8,11H2,1-4H3. The van der Waals surface area contributed by atoms with Gasteiger partial charge in [0.15, 0.2) is 0 Å². The lowest BCUT2D eigenvalue weighted by atomic mass is 9.95. The highest BCUT2D eigenvalue weighted by Gasteiger charge is 2.25. The molecule has 0 aromatic heterocycles. The Morgan fingerprint density at radius 2 is 2.00 bits per heavy atom. The second-order valence-corrected chi connectivity index (χ2v) is 3.78. The molecule has 0 spiro atoms. The molecule has 1 atom stereocenters.